The van der Waals surface area contributed by atoms with Crippen molar-refractivity contribution in [3.63, 3.8) is 0 Å². The summed E-state index contributed by atoms with van der Waals surface area (Å²) in [6, 6.07) is 6.65. The second kappa shape index (κ2) is 8.88. The molecule has 0 saturated heterocycles. The van der Waals surface area contributed by atoms with E-state index in [2.05, 4.69) is 24.5 Å². The lowest BCUT2D eigenvalue weighted by molar-refractivity contribution is -0.142. The van der Waals surface area contributed by atoms with Crippen molar-refractivity contribution in [1.82, 2.24) is 5.32 Å². The van der Waals surface area contributed by atoms with Crippen LogP contribution in [0.2, 0.25) is 0 Å². The SMILES string of the molecule is Cc1cccc(C(C)C)c1N/C=C(/C#N)C(=O)NC(C(=O)O)C(C)C. The van der Waals surface area contributed by atoms with Crippen LogP contribution in [0.25, 0.3) is 0 Å². The van der Waals surface area contributed by atoms with Gasteiger partial charge >= 0.3 is 5.97 Å². The van der Waals surface area contributed by atoms with E-state index in [1.54, 1.807) is 13.8 Å². The zero-order chi connectivity index (χ0) is 19.1. The maximum atomic E-state index is 12.2. The highest BCUT2D eigenvalue weighted by molar-refractivity contribution is 5.99. The second-order valence-electron chi connectivity index (χ2n) is 6.54. The van der Waals surface area contributed by atoms with E-state index in [9.17, 15) is 14.9 Å². The Balaban J connectivity index is 3.04. The number of aryl methyl sites for hydroxylation is 1. The number of hydrogen-bond acceptors (Lipinski definition) is 4. The predicted octanol–water partition coefficient (Wildman–Crippen LogP) is 3.16. The Kier molecular flexibility index (Phi) is 7.19. The first-order valence-electron chi connectivity index (χ1n) is 8.19. The van der Waals surface area contributed by atoms with Gasteiger partial charge in [-0.1, -0.05) is 45.9 Å². The molecule has 0 bridgehead atoms. The van der Waals surface area contributed by atoms with Gasteiger partial charge in [-0.3, -0.25) is 4.79 Å². The Morgan fingerprint density at radius 1 is 1.24 bits per heavy atom. The number of carboxylic acid groups (broad SMARTS) is 1. The number of benzene rings is 1. The van der Waals surface area contributed by atoms with E-state index in [-0.39, 0.29) is 17.4 Å². The van der Waals surface area contributed by atoms with E-state index >= 15 is 0 Å². The number of carboxylic acids is 1. The van der Waals surface area contributed by atoms with Gasteiger partial charge in [0.15, 0.2) is 0 Å². The summed E-state index contributed by atoms with van der Waals surface area (Å²) in [5.41, 5.74) is 2.73. The van der Waals surface area contributed by atoms with E-state index in [0.717, 1.165) is 16.8 Å². The van der Waals surface area contributed by atoms with Crippen molar-refractivity contribution in [3.05, 3.63) is 41.1 Å². The van der Waals surface area contributed by atoms with E-state index in [4.69, 9.17) is 5.11 Å². The molecule has 6 nitrogen and oxygen atoms in total. The van der Waals surface area contributed by atoms with Crippen molar-refractivity contribution in [2.24, 2.45) is 5.92 Å². The molecule has 1 amide bonds. The van der Waals surface area contributed by atoms with Gasteiger partial charge in [0.1, 0.15) is 17.7 Å². The van der Waals surface area contributed by atoms with Gasteiger partial charge in [0.25, 0.3) is 5.91 Å². The fourth-order valence-electron chi connectivity index (χ4n) is 2.39. The van der Waals surface area contributed by atoms with Crippen LogP contribution in [0.5, 0.6) is 0 Å². The van der Waals surface area contributed by atoms with Gasteiger partial charge in [-0.05, 0) is 29.9 Å². The molecule has 25 heavy (non-hydrogen) atoms. The maximum absolute atomic E-state index is 12.2. The number of aliphatic carboxylic acids is 1. The number of para-hydroxylation sites is 1. The van der Waals surface area contributed by atoms with Gasteiger partial charge < -0.3 is 15.7 Å². The summed E-state index contributed by atoms with van der Waals surface area (Å²) in [6.07, 6.45) is 1.32. The smallest absolute Gasteiger partial charge is 0.326 e. The van der Waals surface area contributed by atoms with Crippen LogP contribution in [0, 0.1) is 24.2 Å². The number of carbonyl (C=O) groups excluding carboxylic acids is 1. The topological polar surface area (TPSA) is 102 Å². The molecule has 0 aliphatic carbocycles. The molecule has 1 aromatic rings. The maximum Gasteiger partial charge on any atom is 0.326 e. The first-order chi connectivity index (χ1) is 11.7. The molecule has 134 valence electrons. The van der Waals surface area contributed by atoms with Gasteiger partial charge in [0.05, 0.1) is 0 Å². The third kappa shape index (κ3) is 5.35. The van der Waals surface area contributed by atoms with Gasteiger partial charge in [-0.2, -0.15) is 5.26 Å². The third-order valence-electron chi connectivity index (χ3n) is 3.87. The molecule has 6 heteroatoms. The van der Waals surface area contributed by atoms with Crippen LogP contribution in [0.3, 0.4) is 0 Å². The van der Waals surface area contributed by atoms with E-state index in [0.29, 0.717) is 0 Å². The molecule has 0 saturated carbocycles. The van der Waals surface area contributed by atoms with Crippen molar-refractivity contribution in [2.75, 3.05) is 5.32 Å². The molecule has 1 atom stereocenters. The molecule has 0 spiro atoms. The summed E-state index contributed by atoms with van der Waals surface area (Å²) < 4.78 is 0. The number of anilines is 1. The van der Waals surface area contributed by atoms with Crippen LogP contribution in [0.15, 0.2) is 30.0 Å². The Hall–Kier alpha value is -2.81. The predicted molar refractivity (Wildman–Crippen MR) is 97.0 cm³/mol. The number of hydrogen-bond donors (Lipinski definition) is 3. The molecule has 0 aromatic heterocycles. The van der Waals surface area contributed by atoms with Crippen molar-refractivity contribution in [3.8, 4) is 6.07 Å². The highest BCUT2D eigenvalue weighted by Crippen LogP contribution is 2.27. The number of nitrogens with one attached hydrogen (secondary N) is 2. The fraction of sp³-hybridized carbons (Fsp3) is 0.421. The molecule has 3 N–H and O–H groups in total. The summed E-state index contributed by atoms with van der Waals surface area (Å²) >= 11 is 0. The van der Waals surface area contributed by atoms with Gasteiger partial charge in [0.2, 0.25) is 0 Å². The molecule has 0 heterocycles. The summed E-state index contributed by atoms with van der Waals surface area (Å²) in [7, 11) is 0. The Morgan fingerprint density at radius 2 is 1.88 bits per heavy atom. The summed E-state index contributed by atoms with van der Waals surface area (Å²) in [6.45, 7) is 9.43. The largest absolute Gasteiger partial charge is 0.480 e. The van der Waals surface area contributed by atoms with E-state index in [1.807, 2.05) is 31.2 Å². The highest BCUT2D eigenvalue weighted by Gasteiger charge is 2.25. The second-order valence-corrected chi connectivity index (χ2v) is 6.54. The van der Waals surface area contributed by atoms with Crippen LogP contribution in [0.4, 0.5) is 5.69 Å². The minimum Gasteiger partial charge on any atom is -0.480 e. The summed E-state index contributed by atoms with van der Waals surface area (Å²) in [4.78, 5) is 23.4. The van der Waals surface area contributed by atoms with Gasteiger partial charge in [-0.25, -0.2) is 4.79 Å². The van der Waals surface area contributed by atoms with Crippen LogP contribution in [0.1, 0.15) is 44.7 Å². The molecular formula is C19H25N3O3. The molecule has 0 aliphatic rings. The monoisotopic (exact) mass is 343 g/mol. The van der Waals surface area contributed by atoms with Crippen molar-refractivity contribution in [2.45, 2.75) is 46.6 Å². The zero-order valence-corrected chi connectivity index (χ0v) is 15.3. The lowest BCUT2D eigenvalue weighted by Crippen LogP contribution is -2.44. The lowest BCUT2D eigenvalue weighted by atomic mass is 9.98. The lowest BCUT2D eigenvalue weighted by Gasteiger charge is -2.18. The summed E-state index contributed by atoms with van der Waals surface area (Å²) in [5.74, 6) is -1.86. The van der Waals surface area contributed by atoms with Gasteiger partial charge in [-0.15, -0.1) is 0 Å². The minimum atomic E-state index is -1.13. The number of amides is 1. The number of nitriles is 1. The number of nitrogens with zero attached hydrogens (tertiary/aromatic N) is 1. The standard InChI is InChI=1S/C19H25N3O3/c1-11(2)15-8-6-7-13(5)17(15)21-10-14(9-20)18(23)22-16(12(3)4)19(24)25/h6-8,10-12,16,21H,1-5H3,(H,22,23)(H,24,25)/b14-10-. The van der Waals surface area contributed by atoms with Crippen LogP contribution >= 0.6 is 0 Å². The molecule has 1 unspecified atom stereocenters. The molecule has 0 fully saturated rings. The zero-order valence-electron chi connectivity index (χ0n) is 15.3. The molecular weight excluding hydrogens is 318 g/mol. The van der Waals surface area contributed by atoms with Gasteiger partial charge in [0, 0.05) is 11.9 Å². The number of carbonyl (C=O) groups is 2. The average molecular weight is 343 g/mol. The number of rotatable bonds is 7. The quantitative estimate of drug-likeness (QED) is 0.521. The van der Waals surface area contributed by atoms with Crippen LogP contribution in [-0.2, 0) is 9.59 Å². The van der Waals surface area contributed by atoms with Crippen molar-refractivity contribution < 1.29 is 14.7 Å². The Labute approximate surface area is 148 Å². The van der Waals surface area contributed by atoms with Crippen molar-refractivity contribution >= 4 is 17.6 Å². The van der Waals surface area contributed by atoms with Crippen LogP contribution < -0.4 is 10.6 Å². The molecule has 1 rings (SSSR count). The fourth-order valence-corrected chi connectivity index (χ4v) is 2.39. The van der Waals surface area contributed by atoms with E-state index in [1.165, 1.54) is 6.20 Å². The third-order valence-corrected chi connectivity index (χ3v) is 3.87. The van der Waals surface area contributed by atoms with Crippen LogP contribution in [-0.4, -0.2) is 23.0 Å². The molecule has 1 aromatic carbocycles. The van der Waals surface area contributed by atoms with Crippen molar-refractivity contribution in [1.29, 1.82) is 5.26 Å². The first kappa shape index (κ1) is 20.2. The Morgan fingerprint density at radius 3 is 2.36 bits per heavy atom. The normalized spacial score (nSPS) is 12.6. The van der Waals surface area contributed by atoms with E-state index < -0.39 is 17.9 Å². The first-order valence-corrected chi connectivity index (χ1v) is 8.19. The molecule has 0 radical (unpaired) electrons. The Bertz CT molecular complexity index is 715. The highest BCUT2D eigenvalue weighted by atomic mass is 16.4. The molecule has 0 aliphatic heterocycles. The summed E-state index contributed by atoms with van der Waals surface area (Å²) in [5, 5.41) is 23.8. The minimum absolute atomic E-state index is 0.176. The average Bonchev–Trinajstić information content (AvgIpc) is 2.53.